The van der Waals surface area contributed by atoms with Crippen molar-refractivity contribution < 1.29 is 4.79 Å². The lowest BCUT2D eigenvalue weighted by atomic mass is 9.95. The number of amides is 1. The van der Waals surface area contributed by atoms with E-state index in [2.05, 4.69) is 15.5 Å². The van der Waals surface area contributed by atoms with Gasteiger partial charge in [0.1, 0.15) is 11.6 Å². The molecule has 3 rings (SSSR count). The highest BCUT2D eigenvalue weighted by atomic mass is 16.1. The summed E-state index contributed by atoms with van der Waals surface area (Å²) in [6.45, 7) is 2.03. The van der Waals surface area contributed by atoms with Crippen LogP contribution in [-0.2, 0) is 4.79 Å². The zero-order chi connectivity index (χ0) is 17.6. The molecular formula is C20H22N4O. The van der Waals surface area contributed by atoms with Crippen molar-refractivity contribution in [2.45, 2.75) is 45.1 Å². The van der Waals surface area contributed by atoms with Crippen molar-refractivity contribution in [3.63, 3.8) is 0 Å². The second-order valence-corrected chi connectivity index (χ2v) is 6.54. The van der Waals surface area contributed by atoms with Crippen molar-refractivity contribution >= 4 is 12.0 Å². The van der Waals surface area contributed by atoms with Gasteiger partial charge < -0.3 is 5.32 Å². The number of benzene rings is 1. The van der Waals surface area contributed by atoms with Gasteiger partial charge in [-0.1, -0.05) is 49.1 Å². The summed E-state index contributed by atoms with van der Waals surface area (Å²) in [4.78, 5) is 12.4. The number of aryl methyl sites for hydroxylation is 1. The molecule has 25 heavy (non-hydrogen) atoms. The van der Waals surface area contributed by atoms with E-state index in [1.54, 1.807) is 12.3 Å². The van der Waals surface area contributed by atoms with Crippen LogP contribution >= 0.6 is 0 Å². The Bertz CT molecular complexity index is 805. The van der Waals surface area contributed by atoms with Crippen LogP contribution in [-0.4, -0.2) is 22.1 Å². The fraction of sp³-hybridized carbons (Fsp3) is 0.350. The summed E-state index contributed by atoms with van der Waals surface area (Å²) in [6.07, 6.45) is 8.72. The summed E-state index contributed by atoms with van der Waals surface area (Å²) in [7, 11) is 0. The minimum atomic E-state index is -0.301. The number of nitriles is 1. The third-order valence-electron chi connectivity index (χ3n) is 4.61. The molecule has 1 aromatic carbocycles. The van der Waals surface area contributed by atoms with E-state index < -0.39 is 0 Å². The molecule has 0 bridgehead atoms. The number of hydrogen-bond donors (Lipinski definition) is 2. The maximum Gasteiger partial charge on any atom is 0.262 e. The molecule has 2 N–H and O–H groups in total. The van der Waals surface area contributed by atoms with Gasteiger partial charge in [0.05, 0.1) is 11.9 Å². The molecular weight excluding hydrogens is 312 g/mol. The summed E-state index contributed by atoms with van der Waals surface area (Å²) < 4.78 is 0. The van der Waals surface area contributed by atoms with Crippen LogP contribution in [0.1, 0.15) is 43.2 Å². The van der Waals surface area contributed by atoms with Gasteiger partial charge in [-0.05, 0) is 25.8 Å². The molecule has 1 aromatic heterocycles. The molecule has 0 saturated heterocycles. The molecule has 1 aliphatic rings. The first kappa shape index (κ1) is 17.0. The quantitative estimate of drug-likeness (QED) is 0.660. The Morgan fingerprint density at radius 3 is 2.68 bits per heavy atom. The number of hydrogen-bond acceptors (Lipinski definition) is 3. The van der Waals surface area contributed by atoms with Gasteiger partial charge in [-0.3, -0.25) is 9.89 Å². The number of carbonyl (C=O) groups excluding carboxylic acids is 1. The Balaban J connectivity index is 1.81. The van der Waals surface area contributed by atoms with Crippen LogP contribution in [0.25, 0.3) is 17.3 Å². The molecule has 5 heteroatoms. The minimum Gasteiger partial charge on any atom is -0.349 e. The van der Waals surface area contributed by atoms with E-state index in [9.17, 15) is 10.1 Å². The second-order valence-electron chi connectivity index (χ2n) is 6.54. The maximum atomic E-state index is 12.4. The molecule has 0 radical (unpaired) electrons. The molecule has 2 aromatic rings. The number of aromatic nitrogens is 2. The monoisotopic (exact) mass is 334 g/mol. The summed E-state index contributed by atoms with van der Waals surface area (Å²) >= 11 is 0. The molecule has 0 unspecified atom stereocenters. The zero-order valence-corrected chi connectivity index (χ0v) is 14.4. The van der Waals surface area contributed by atoms with Crippen LogP contribution < -0.4 is 5.32 Å². The second kappa shape index (κ2) is 7.80. The summed E-state index contributed by atoms with van der Waals surface area (Å²) in [5, 5.41) is 19.4. The number of rotatable bonds is 4. The van der Waals surface area contributed by atoms with Crippen molar-refractivity contribution in [1.82, 2.24) is 15.5 Å². The highest BCUT2D eigenvalue weighted by molar-refractivity contribution is 6.02. The molecule has 1 amide bonds. The van der Waals surface area contributed by atoms with Crippen molar-refractivity contribution in [2.75, 3.05) is 0 Å². The molecule has 1 fully saturated rings. The fourth-order valence-corrected chi connectivity index (χ4v) is 3.17. The SMILES string of the molecule is Cc1ccc(-c2[nH]ncc2/C=C(\C#N)C(=O)NC2CCCCC2)cc1. The van der Waals surface area contributed by atoms with Crippen LogP contribution in [0, 0.1) is 18.3 Å². The summed E-state index contributed by atoms with van der Waals surface area (Å²) in [6, 6.07) is 10.2. The molecule has 1 saturated carbocycles. The van der Waals surface area contributed by atoms with Gasteiger partial charge in [-0.15, -0.1) is 0 Å². The molecule has 5 nitrogen and oxygen atoms in total. The Labute approximate surface area is 147 Å². The lowest BCUT2D eigenvalue weighted by Gasteiger charge is -2.22. The highest BCUT2D eigenvalue weighted by Gasteiger charge is 2.18. The van der Waals surface area contributed by atoms with Gasteiger partial charge in [-0.2, -0.15) is 10.4 Å². The third-order valence-corrected chi connectivity index (χ3v) is 4.61. The van der Waals surface area contributed by atoms with Crippen LogP contribution in [0.3, 0.4) is 0 Å². The third kappa shape index (κ3) is 4.16. The van der Waals surface area contributed by atoms with E-state index in [0.717, 1.165) is 42.5 Å². The number of nitrogens with zero attached hydrogens (tertiary/aromatic N) is 2. The van der Waals surface area contributed by atoms with Gasteiger partial charge in [-0.25, -0.2) is 0 Å². The first-order valence-electron chi connectivity index (χ1n) is 8.70. The van der Waals surface area contributed by atoms with Gasteiger partial charge in [0.25, 0.3) is 5.91 Å². The number of nitrogens with one attached hydrogen (secondary N) is 2. The smallest absolute Gasteiger partial charge is 0.262 e. The van der Waals surface area contributed by atoms with Crippen LogP contribution in [0.5, 0.6) is 0 Å². The number of H-pyrrole nitrogens is 1. The van der Waals surface area contributed by atoms with E-state index in [0.29, 0.717) is 0 Å². The zero-order valence-electron chi connectivity index (χ0n) is 14.4. The topological polar surface area (TPSA) is 81.6 Å². The lowest BCUT2D eigenvalue weighted by molar-refractivity contribution is -0.117. The molecule has 0 spiro atoms. The van der Waals surface area contributed by atoms with Crippen LogP contribution in [0.4, 0.5) is 0 Å². The largest absolute Gasteiger partial charge is 0.349 e. The van der Waals surface area contributed by atoms with Crippen LogP contribution in [0.15, 0.2) is 36.0 Å². The van der Waals surface area contributed by atoms with E-state index >= 15 is 0 Å². The predicted octanol–water partition coefficient (Wildman–Crippen LogP) is 3.74. The molecule has 0 atom stereocenters. The average Bonchev–Trinajstić information content (AvgIpc) is 3.09. The number of aromatic amines is 1. The highest BCUT2D eigenvalue weighted by Crippen LogP contribution is 2.24. The van der Waals surface area contributed by atoms with Crippen LogP contribution in [0.2, 0.25) is 0 Å². The fourth-order valence-electron chi connectivity index (χ4n) is 3.17. The van der Waals surface area contributed by atoms with Crippen molar-refractivity contribution in [1.29, 1.82) is 5.26 Å². The van der Waals surface area contributed by atoms with Crippen molar-refractivity contribution in [3.05, 3.63) is 47.2 Å². The van der Waals surface area contributed by atoms with Crippen molar-refractivity contribution in [2.24, 2.45) is 0 Å². The molecule has 128 valence electrons. The van der Waals surface area contributed by atoms with E-state index in [4.69, 9.17) is 0 Å². The van der Waals surface area contributed by atoms with E-state index in [-0.39, 0.29) is 17.5 Å². The first-order chi connectivity index (χ1) is 12.2. The maximum absolute atomic E-state index is 12.4. The predicted molar refractivity (Wildman–Crippen MR) is 97.4 cm³/mol. The Morgan fingerprint density at radius 1 is 1.28 bits per heavy atom. The molecule has 1 heterocycles. The number of carbonyl (C=O) groups is 1. The molecule has 1 aliphatic carbocycles. The normalized spacial score (nSPS) is 15.6. The van der Waals surface area contributed by atoms with Gasteiger partial charge in [0.2, 0.25) is 0 Å². The first-order valence-corrected chi connectivity index (χ1v) is 8.70. The lowest BCUT2D eigenvalue weighted by Crippen LogP contribution is -2.36. The van der Waals surface area contributed by atoms with Crippen molar-refractivity contribution in [3.8, 4) is 17.3 Å². The van der Waals surface area contributed by atoms with E-state index in [1.165, 1.54) is 12.0 Å². The van der Waals surface area contributed by atoms with Gasteiger partial charge >= 0.3 is 0 Å². The molecule has 0 aliphatic heterocycles. The summed E-state index contributed by atoms with van der Waals surface area (Å²) in [5.74, 6) is -0.301. The Kier molecular flexibility index (Phi) is 5.30. The minimum absolute atomic E-state index is 0.111. The van der Waals surface area contributed by atoms with Gasteiger partial charge in [0.15, 0.2) is 0 Å². The summed E-state index contributed by atoms with van der Waals surface area (Å²) in [5.41, 5.74) is 3.79. The standard InChI is InChI=1S/C20H22N4O/c1-14-7-9-15(10-8-14)19-17(13-22-24-19)11-16(12-21)20(25)23-18-5-3-2-4-6-18/h7-11,13,18H,2-6H2,1H3,(H,22,24)(H,23,25)/b16-11+. The van der Waals surface area contributed by atoms with Gasteiger partial charge in [0, 0.05) is 17.2 Å². The Hall–Kier alpha value is -2.87. The average molecular weight is 334 g/mol. The van der Waals surface area contributed by atoms with E-state index in [1.807, 2.05) is 37.3 Å². The Morgan fingerprint density at radius 2 is 2.00 bits per heavy atom.